The first-order valence-corrected chi connectivity index (χ1v) is 4.50. The number of aliphatic hydroxyl groups excluding tert-OH is 1. The fourth-order valence-corrected chi connectivity index (χ4v) is 0.689. The number of carbonyl (C=O) groups excluding carboxylic acids is 1. The molecule has 15 heavy (non-hydrogen) atoms. The molecule has 90 valence electrons. The molecule has 1 atom stereocenters. The number of hydrogen-bond acceptors (Lipinski definition) is 7. The molecule has 0 aromatic rings. The third kappa shape index (κ3) is 5.85. The number of alkyl halides is 2. The molecule has 9 heteroatoms. The van der Waals surface area contributed by atoms with Crippen molar-refractivity contribution in [1.29, 1.82) is 0 Å². The summed E-state index contributed by atoms with van der Waals surface area (Å²) in [5.74, 6) is -2.28. The lowest BCUT2D eigenvalue weighted by Crippen LogP contribution is -2.29. The van der Waals surface area contributed by atoms with E-state index in [-0.39, 0.29) is 13.2 Å². The zero-order valence-corrected chi connectivity index (χ0v) is 8.50. The minimum Gasteiger partial charge on any atom is -0.460 e. The maximum absolute atomic E-state index is 12.7. The molecule has 0 radical (unpaired) electrons. The van der Waals surface area contributed by atoms with Gasteiger partial charge in [0.05, 0.1) is 6.61 Å². The summed E-state index contributed by atoms with van der Waals surface area (Å²) in [7, 11) is 0. The summed E-state index contributed by atoms with van der Waals surface area (Å²) in [6.07, 6.45) is 0. The van der Waals surface area contributed by atoms with Gasteiger partial charge in [-0.3, -0.25) is 0 Å². The molecule has 0 aromatic carbocycles. The van der Waals surface area contributed by atoms with Crippen LogP contribution in [0.5, 0.6) is 0 Å². The number of esters is 1. The van der Waals surface area contributed by atoms with Crippen LogP contribution in [0.1, 0.15) is 6.92 Å². The Morgan fingerprint density at radius 1 is 1.60 bits per heavy atom. The summed E-state index contributed by atoms with van der Waals surface area (Å²) >= 11 is -0.697. The van der Waals surface area contributed by atoms with Gasteiger partial charge in [0, 0.05) is 12.5 Å². The highest BCUT2D eigenvalue weighted by Gasteiger charge is 2.44. The largest absolute Gasteiger partial charge is 0.460 e. The quantitative estimate of drug-likeness (QED) is 0.298. The van der Waals surface area contributed by atoms with Crippen molar-refractivity contribution < 1.29 is 38.0 Å². The Kier molecular flexibility index (Phi) is 6.68. The van der Waals surface area contributed by atoms with Crippen molar-refractivity contribution in [2.45, 2.75) is 12.2 Å². The number of halogens is 2. The van der Waals surface area contributed by atoms with E-state index in [0.29, 0.717) is 0 Å². The molecule has 0 spiro atoms. The molecule has 0 saturated carbocycles. The van der Waals surface area contributed by atoms with E-state index in [0.717, 1.165) is 0 Å². The Hall–Kier alpha value is -0.480. The van der Waals surface area contributed by atoms with E-state index in [9.17, 15) is 13.6 Å². The molecule has 2 N–H and O–H groups in total. The van der Waals surface area contributed by atoms with E-state index in [1.165, 1.54) is 6.92 Å². The standard InChI is InChI=1S/C6H10F2O6S/c1-4(2-9)3-12-5(10)6(7,8)15-14-13-11/h4,9,11H,2-3H2,1H3. The lowest BCUT2D eigenvalue weighted by Gasteiger charge is -2.13. The lowest BCUT2D eigenvalue weighted by atomic mass is 10.2. The van der Waals surface area contributed by atoms with E-state index >= 15 is 0 Å². The van der Waals surface area contributed by atoms with Gasteiger partial charge in [0.25, 0.3) is 0 Å². The molecule has 0 heterocycles. The molecule has 0 rings (SSSR count). The summed E-state index contributed by atoms with van der Waals surface area (Å²) in [5.41, 5.74) is 0. The molecule has 0 bridgehead atoms. The van der Waals surface area contributed by atoms with Crippen LogP contribution < -0.4 is 0 Å². The van der Waals surface area contributed by atoms with Crippen molar-refractivity contribution in [2.75, 3.05) is 13.2 Å². The van der Waals surface area contributed by atoms with E-state index in [2.05, 4.69) is 14.1 Å². The summed E-state index contributed by atoms with van der Waals surface area (Å²) < 4.78 is 32.9. The van der Waals surface area contributed by atoms with Crippen LogP contribution in [0.15, 0.2) is 0 Å². The van der Waals surface area contributed by atoms with Crippen LogP contribution in [0.2, 0.25) is 0 Å². The molecule has 0 aliphatic rings. The molecular formula is C6H10F2O6S. The molecule has 0 saturated heterocycles. The number of carbonyl (C=O) groups is 1. The topological polar surface area (TPSA) is 85.2 Å². The minimum absolute atomic E-state index is 0.289. The SMILES string of the molecule is CC(CO)COC(=O)C(F)(F)SOOO. The van der Waals surface area contributed by atoms with Gasteiger partial charge in [-0.15, -0.1) is 4.33 Å². The zero-order valence-electron chi connectivity index (χ0n) is 7.68. The van der Waals surface area contributed by atoms with Gasteiger partial charge in [-0.1, -0.05) is 12.0 Å². The average Bonchev–Trinajstić information content (AvgIpc) is 2.22. The third-order valence-electron chi connectivity index (χ3n) is 1.22. The number of hydrogen-bond donors (Lipinski definition) is 2. The molecule has 6 nitrogen and oxygen atoms in total. The van der Waals surface area contributed by atoms with Gasteiger partial charge in [0.2, 0.25) is 0 Å². The van der Waals surface area contributed by atoms with Crippen molar-refractivity contribution in [1.82, 2.24) is 0 Å². The lowest BCUT2D eigenvalue weighted by molar-refractivity contribution is -0.433. The summed E-state index contributed by atoms with van der Waals surface area (Å²) in [5, 5.41) is 15.1. The average molecular weight is 248 g/mol. The van der Waals surface area contributed by atoms with E-state index in [4.69, 9.17) is 10.4 Å². The van der Waals surface area contributed by atoms with Crippen LogP contribution >= 0.6 is 12.0 Å². The fraction of sp³-hybridized carbons (Fsp3) is 0.833. The summed E-state index contributed by atoms with van der Waals surface area (Å²) in [6, 6.07) is 0. The van der Waals surface area contributed by atoms with Crippen molar-refractivity contribution in [3.8, 4) is 0 Å². The van der Waals surface area contributed by atoms with Crippen molar-refractivity contribution >= 4 is 18.0 Å². The molecule has 0 amide bonds. The van der Waals surface area contributed by atoms with E-state index < -0.39 is 29.2 Å². The Balaban J connectivity index is 3.96. The predicted octanol–water partition coefficient (Wildman–Crippen LogP) is 0.820. The second kappa shape index (κ2) is 6.90. The number of ether oxygens (including phenoxy) is 1. The Morgan fingerprint density at radius 3 is 2.67 bits per heavy atom. The van der Waals surface area contributed by atoms with Crippen LogP contribution in [-0.2, 0) is 18.9 Å². The molecule has 0 aliphatic carbocycles. The molecule has 1 unspecified atom stereocenters. The summed E-state index contributed by atoms with van der Waals surface area (Å²) in [6.45, 7) is 0.875. The third-order valence-corrected chi connectivity index (χ3v) is 1.72. The Morgan fingerprint density at radius 2 is 2.20 bits per heavy atom. The van der Waals surface area contributed by atoms with Crippen LogP contribution in [0.4, 0.5) is 8.78 Å². The predicted molar refractivity (Wildman–Crippen MR) is 44.5 cm³/mol. The van der Waals surface area contributed by atoms with Gasteiger partial charge in [0.1, 0.15) is 12.0 Å². The first-order valence-electron chi connectivity index (χ1n) is 3.75. The smallest absolute Gasteiger partial charge is 0.415 e. The van der Waals surface area contributed by atoms with Crippen molar-refractivity contribution in [2.24, 2.45) is 5.92 Å². The number of aliphatic hydroxyl groups is 1. The first kappa shape index (κ1) is 14.5. The van der Waals surface area contributed by atoms with Crippen molar-refractivity contribution in [3.05, 3.63) is 0 Å². The normalized spacial score (nSPS) is 13.7. The van der Waals surface area contributed by atoms with Gasteiger partial charge < -0.3 is 9.84 Å². The second-order valence-electron chi connectivity index (χ2n) is 2.63. The zero-order chi connectivity index (χ0) is 11.9. The maximum atomic E-state index is 12.7. The Bertz CT molecular complexity index is 202. The highest BCUT2D eigenvalue weighted by atomic mass is 32.2. The molecule has 0 aliphatic heterocycles. The molecular weight excluding hydrogens is 238 g/mol. The van der Waals surface area contributed by atoms with Gasteiger partial charge >= 0.3 is 11.2 Å². The highest BCUT2D eigenvalue weighted by Crippen LogP contribution is 2.31. The molecule has 0 fully saturated rings. The van der Waals surface area contributed by atoms with E-state index in [1.54, 1.807) is 0 Å². The van der Waals surface area contributed by atoms with Gasteiger partial charge in [-0.2, -0.15) is 8.78 Å². The van der Waals surface area contributed by atoms with Crippen LogP contribution in [0.3, 0.4) is 0 Å². The second-order valence-corrected chi connectivity index (χ2v) is 3.44. The van der Waals surface area contributed by atoms with Crippen LogP contribution in [-0.4, -0.2) is 34.8 Å². The number of rotatable bonds is 7. The van der Waals surface area contributed by atoms with Crippen molar-refractivity contribution in [3.63, 3.8) is 0 Å². The van der Waals surface area contributed by atoms with Gasteiger partial charge in [-0.25, -0.2) is 10.1 Å². The monoisotopic (exact) mass is 248 g/mol. The maximum Gasteiger partial charge on any atom is 0.415 e. The fourth-order valence-electron chi connectivity index (χ4n) is 0.447. The van der Waals surface area contributed by atoms with Gasteiger partial charge in [-0.05, 0) is 0 Å². The van der Waals surface area contributed by atoms with E-state index in [1.807, 2.05) is 0 Å². The Labute approximate surface area is 88.2 Å². The highest BCUT2D eigenvalue weighted by molar-refractivity contribution is 7.96. The minimum atomic E-state index is -3.99. The summed E-state index contributed by atoms with van der Waals surface area (Å²) in [4.78, 5) is 10.7. The van der Waals surface area contributed by atoms with Gasteiger partial charge in [0.15, 0.2) is 0 Å². The van der Waals surface area contributed by atoms with Crippen LogP contribution in [0.25, 0.3) is 0 Å². The molecule has 0 aromatic heterocycles. The first-order chi connectivity index (χ1) is 6.94. The van der Waals surface area contributed by atoms with Crippen LogP contribution in [0, 0.1) is 5.92 Å².